The fraction of sp³-hybridized carbons (Fsp3) is 0.571. The second kappa shape index (κ2) is 6.25. The summed E-state index contributed by atoms with van der Waals surface area (Å²) in [5.74, 6) is 0. The van der Waals surface area contributed by atoms with E-state index in [9.17, 15) is 0 Å². The molecule has 0 amide bonds. The van der Waals surface area contributed by atoms with Crippen molar-refractivity contribution in [3.05, 3.63) is 33.8 Å². The lowest BCUT2D eigenvalue weighted by molar-refractivity contribution is 0.293. The number of likely N-dealkylation sites (N-methyl/N-ethyl adjacent to an activating group) is 1. The molecule has 1 aromatic carbocycles. The van der Waals surface area contributed by atoms with Crippen LogP contribution in [0.5, 0.6) is 0 Å². The lowest BCUT2D eigenvalue weighted by atomic mass is 10.1. The highest BCUT2D eigenvalue weighted by molar-refractivity contribution is 6.35. The van der Waals surface area contributed by atoms with Gasteiger partial charge in [-0.3, -0.25) is 0 Å². The maximum absolute atomic E-state index is 6.21. The van der Waals surface area contributed by atoms with Gasteiger partial charge in [0, 0.05) is 28.7 Å². The van der Waals surface area contributed by atoms with Crippen molar-refractivity contribution in [1.82, 2.24) is 10.2 Å². The Labute approximate surface area is 119 Å². The smallest absolute Gasteiger partial charge is 0.0468 e. The molecule has 18 heavy (non-hydrogen) atoms. The first-order valence-corrected chi connectivity index (χ1v) is 7.22. The molecule has 100 valence electrons. The molecule has 1 aliphatic rings. The largest absolute Gasteiger partial charge is 0.309 e. The average molecular weight is 287 g/mol. The summed E-state index contributed by atoms with van der Waals surface area (Å²) >= 11 is 12.1. The second-order valence-corrected chi connectivity index (χ2v) is 5.92. The minimum absolute atomic E-state index is 0.253. The Kier molecular flexibility index (Phi) is 4.91. The van der Waals surface area contributed by atoms with Gasteiger partial charge in [-0.2, -0.15) is 0 Å². The Morgan fingerprint density at radius 3 is 2.83 bits per heavy atom. The molecular formula is C14H20Cl2N2. The van der Waals surface area contributed by atoms with E-state index in [0.717, 1.165) is 17.1 Å². The zero-order valence-electron chi connectivity index (χ0n) is 10.9. The third-order valence-electron chi connectivity index (χ3n) is 3.76. The molecule has 1 saturated heterocycles. The maximum Gasteiger partial charge on any atom is 0.0468 e. The lowest BCUT2D eigenvalue weighted by Crippen LogP contribution is -2.36. The molecule has 1 aromatic rings. The first kappa shape index (κ1) is 14.1. The van der Waals surface area contributed by atoms with Gasteiger partial charge in [-0.15, -0.1) is 0 Å². The summed E-state index contributed by atoms with van der Waals surface area (Å²) in [5, 5.41) is 4.99. The normalized spacial score (nSPS) is 22.3. The van der Waals surface area contributed by atoms with Crippen molar-refractivity contribution in [2.75, 3.05) is 20.1 Å². The van der Waals surface area contributed by atoms with Gasteiger partial charge in [0.25, 0.3) is 0 Å². The standard InChI is InChI=1S/C14H20Cl2N2/c1-10(13-6-5-11(15)8-14(13)16)17-9-12-4-3-7-18(12)2/h5-6,8,10,12,17H,3-4,7,9H2,1-2H3. The second-order valence-electron chi connectivity index (χ2n) is 5.07. The lowest BCUT2D eigenvalue weighted by Gasteiger charge is -2.23. The molecule has 0 radical (unpaired) electrons. The van der Waals surface area contributed by atoms with Crippen molar-refractivity contribution in [2.24, 2.45) is 0 Å². The number of nitrogens with zero attached hydrogens (tertiary/aromatic N) is 1. The highest BCUT2D eigenvalue weighted by Gasteiger charge is 2.21. The van der Waals surface area contributed by atoms with Gasteiger partial charge in [-0.25, -0.2) is 0 Å². The number of hydrogen-bond acceptors (Lipinski definition) is 2. The van der Waals surface area contributed by atoms with Gasteiger partial charge in [-0.05, 0) is 51.1 Å². The van der Waals surface area contributed by atoms with Gasteiger partial charge in [0.05, 0.1) is 0 Å². The van der Waals surface area contributed by atoms with Crippen molar-refractivity contribution in [3.8, 4) is 0 Å². The quantitative estimate of drug-likeness (QED) is 0.907. The number of benzene rings is 1. The molecular weight excluding hydrogens is 267 g/mol. The number of hydrogen-bond donors (Lipinski definition) is 1. The van der Waals surface area contributed by atoms with Crippen molar-refractivity contribution in [2.45, 2.75) is 31.8 Å². The molecule has 0 bridgehead atoms. The fourth-order valence-electron chi connectivity index (χ4n) is 2.51. The Hall–Kier alpha value is -0.280. The Morgan fingerprint density at radius 1 is 1.44 bits per heavy atom. The van der Waals surface area contributed by atoms with Gasteiger partial charge >= 0.3 is 0 Å². The minimum atomic E-state index is 0.253. The fourth-order valence-corrected chi connectivity index (χ4v) is 3.08. The van der Waals surface area contributed by atoms with Crippen LogP contribution in [0.2, 0.25) is 10.0 Å². The summed E-state index contributed by atoms with van der Waals surface area (Å²) in [5.41, 5.74) is 1.11. The minimum Gasteiger partial charge on any atom is -0.309 e. The summed E-state index contributed by atoms with van der Waals surface area (Å²) in [6.07, 6.45) is 2.59. The van der Waals surface area contributed by atoms with E-state index < -0.39 is 0 Å². The summed E-state index contributed by atoms with van der Waals surface area (Å²) < 4.78 is 0. The SMILES string of the molecule is CC(NCC1CCCN1C)c1ccc(Cl)cc1Cl. The van der Waals surface area contributed by atoms with Crippen LogP contribution in [-0.2, 0) is 0 Å². The average Bonchev–Trinajstić information content (AvgIpc) is 2.72. The maximum atomic E-state index is 6.21. The summed E-state index contributed by atoms with van der Waals surface area (Å²) in [6.45, 7) is 4.36. The number of nitrogens with one attached hydrogen (secondary N) is 1. The van der Waals surface area contributed by atoms with Crippen molar-refractivity contribution < 1.29 is 0 Å². The van der Waals surface area contributed by atoms with Crippen molar-refractivity contribution in [1.29, 1.82) is 0 Å². The molecule has 1 N–H and O–H groups in total. The van der Waals surface area contributed by atoms with Crippen LogP contribution < -0.4 is 5.32 Å². The van der Waals surface area contributed by atoms with Crippen LogP contribution >= 0.6 is 23.2 Å². The Balaban J connectivity index is 1.93. The predicted molar refractivity (Wildman–Crippen MR) is 78.5 cm³/mol. The summed E-state index contributed by atoms with van der Waals surface area (Å²) in [7, 11) is 2.19. The highest BCUT2D eigenvalue weighted by Crippen LogP contribution is 2.26. The first-order chi connectivity index (χ1) is 8.58. The molecule has 0 aliphatic carbocycles. The first-order valence-electron chi connectivity index (χ1n) is 6.46. The van der Waals surface area contributed by atoms with Crippen molar-refractivity contribution >= 4 is 23.2 Å². The van der Waals surface area contributed by atoms with Crippen LogP contribution in [0, 0.1) is 0 Å². The van der Waals surface area contributed by atoms with Crippen LogP contribution in [0.3, 0.4) is 0 Å². The molecule has 2 nitrogen and oxygen atoms in total. The predicted octanol–water partition coefficient (Wildman–Crippen LogP) is 3.74. The van der Waals surface area contributed by atoms with E-state index in [1.165, 1.54) is 19.4 Å². The third kappa shape index (κ3) is 3.39. The molecule has 2 unspecified atom stereocenters. The number of rotatable bonds is 4. The van der Waals surface area contributed by atoms with Crippen molar-refractivity contribution in [3.63, 3.8) is 0 Å². The molecule has 0 saturated carbocycles. The topological polar surface area (TPSA) is 15.3 Å². The van der Waals surface area contributed by atoms with Gasteiger partial charge in [-0.1, -0.05) is 29.3 Å². The van der Waals surface area contributed by atoms with E-state index in [-0.39, 0.29) is 6.04 Å². The summed E-state index contributed by atoms with van der Waals surface area (Å²) in [4.78, 5) is 2.42. The van der Waals surface area contributed by atoms with Crippen LogP contribution in [0.1, 0.15) is 31.4 Å². The molecule has 2 rings (SSSR count). The third-order valence-corrected chi connectivity index (χ3v) is 4.32. The summed E-state index contributed by atoms with van der Waals surface area (Å²) in [6, 6.07) is 6.60. The Bertz CT molecular complexity index is 409. The van der Waals surface area contributed by atoms with E-state index in [1.54, 1.807) is 6.07 Å². The van der Waals surface area contributed by atoms with Gasteiger partial charge in [0.15, 0.2) is 0 Å². The van der Waals surface area contributed by atoms with E-state index in [4.69, 9.17) is 23.2 Å². The number of halogens is 2. The molecule has 0 aromatic heterocycles. The molecule has 4 heteroatoms. The van der Waals surface area contributed by atoms with Gasteiger partial charge < -0.3 is 10.2 Å². The van der Waals surface area contributed by atoms with Gasteiger partial charge in [0.2, 0.25) is 0 Å². The molecule has 1 heterocycles. The van der Waals surface area contributed by atoms with Crippen LogP contribution in [0.25, 0.3) is 0 Å². The van der Waals surface area contributed by atoms with E-state index >= 15 is 0 Å². The Morgan fingerprint density at radius 2 is 2.22 bits per heavy atom. The van der Waals surface area contributed by atoms with Crippen LogP contribution in [-0.4, -0.2) is 31.1 Å². The van der Waals surface area contributed by atoms with Crippen LogP contribution in [0.4, 0.5) is 0 Å². The van der Waals surface area contributed by atoms with E-state index in [1.807, 2.05) is 12.1 Å². The highest BCUT2D eigenvalue weighted by atomic mass is 35.5. The molecule has 0 spiro atoms. The monoisotopic (exact) mass is 286 g/mol. The molecule has 2 atom stereocenters. The number of likely N-dealkylation sites (tertiary alicyclic amines) is 1. The van der Waals surface area contributed by atoms with E-state index in [0.29, 0.717) is 11.1 Å². The molecule has 1 fully saturated rings. The van der Waals surface area contributed by atoms with E-state index in [2.05, 4.69) is 24.2 Å². The zero-order valence-corrected chi connectivity index (χ0v) is 12.4. The van der Waals surface area contributed by atoms with Crippen LogP contribution in [0.15, 0.2) is 18.2 Å². The molecule has 1 aliphatic heterocycles. The van der Waals surface area contributed by atoms with Gasteiger partial charge in [0.1, 0.15) is 0 Å². The zero-order chi connectivity index (χ0) is 13.1.